The number of hydrogen-bond acceptors (Lipinski definition) is 3. The normalized spacial score (nSPS) is 17.5. The van der Waals surface area contributed by atoms with Gasteiger partial charge >= 0.3 is 0 Å². The monoisotopic (exact) mass is 311 g/mol. The van der Waals surface area contributed by atoms with Gasteiger partial charge in [0.25, 0.3) is 5.91 Å². The maximum absolute atomic E-state index is 12.8. The molecule has 1 fully saturated rings. The topological polar surface area (TPSA) is 37.4 Å². The van der Waals surface area contributed by atoms with Crippen LogP contribution in [0.2, 0.25) is 0 Å². The second-order valence-corrected chi connectivity index (χ2v) is 6.37. The first-order valence-electron chi connectivity index (χ1n) is 7.38. The van der Waals surface area contributed by atoms with E-state index in [0.717, 1.165) is 28.9 Å². The van der Waals surface area contributed by atoms with Crippen molar-refractivity contribution >= 4 is 24.0 Å². The molecule has 0 aromatic heterocycles. The number of rotatable bonds is 4. The summed E-state index contributed by atoms with van der Waals surface area (Å²) >= 11 is 1.57. The smallest absolute Gasteiger partial charge is 0.255 e. The summed E-state index contributed by atoms with van der Waals surface area (Å²) in [4.78, 5) is 27.6. The van der Waals surface area contributed by atoms with Crippen LogP contribution in [0.4, 0.5) is 0 Å². The Morgan fingerprint density at radius 2 is 1.82 bits per heavy atom. The average molecular weight is 311 g/mol. The number of amides is 1. The molecular weight excluding hydrogens is 294 g/mol. The zero-order valence-electron chi connectivity index (χ0n) is 12.1. The molecule has 112 valence electrons. The molecular formula is C18H17NO2S. The van der Waals surface area contributed by atoms with Crippen LogP contribution in [-0.4, -0.2) is 29.7 Å². The number of likely N-dealkylation sites (tertiary alicyclic amines) is 1. The van der Waals surface area contributed by atoms with Crippen LogP contribution in [0.3, 0.4) is 0 Å². The van der Waals surface area contributed by atoms with Gasteiger partial charge < -0.3 is 9.69 Å². The molecule has 22 heavy (non-hydrogen) atoms. The Labute approximate surface area is 134 Å². The van der Waals surface area contributed by atoms with Crippen molar-refractivity contribution in [1.82, 2.24) is 4.90 Å². The molecule has 2 aromatic rings. The quantitative estimate of drug-likeness (QED) is 0.809. The molecule has 1 heterocycles. The van der Waals surface area contributed by atoms with Gasteiger partial charge in [-0.2, -0.15) is 0 Å². The van der Waals surface area contributed by atoms with Crippen LogP contribution in [0.15, 0.2) is 64.4 Å². The van der Waals surface area contributed by atoms with E-state index >= 15 is 0 Å². The van der Waals surface area contributed by atoms with Crippen LogP contribution in [-0.2, 0) is 4.79 Å². The van der Waals surface area contributed by atoms with Crippen LogP contribution < -0.4 is 0 Å². The van der Waals surface area contributed by atoms with E-state index in [0.29, 0.717) is 12.1 Å². The molecule has 1 saturated heterocycles. The molecule has 0 radical (unpaired) electrons. The first kappa shape index (κ1) is 14.9. The molecule has 0 N–H and O–H groups in total. The van der Waals surface area contributed by atoms with Crippen molar-refractivity contribution in [1.29, 1.82) is 0 Å². The van der Waals surface area contributed by atoms with E-state index in [1.54, 1.807) is 16.7 Å². The van der Waals surface area contributed by atoms with Gasteiger partial charge in [-0.15, -0.1) is 0 Å². The predicted octanol–water partition coefficient (Wildman–Crippen LogP) is 3.64. The summed E-state index contributed by atoms with van der Waals surface area (Å²) in [6, 6.07) is 17.3. The van der Waals surface area contributed by atoms with E-state index in [9.17, 15) is 9.59 Å². The van der Waals surface area contributed by atoms with Gasteiger partial charge in [-0.05, 0) is 37.1 Å². The lowest BCUT2D eigenvalue weighted by atomic mass is 10.2. The Morgan fingerprint density at radius 1 is 1.09 bits per heavy atom. The summed E-state index contributed by atoms with van der Waals surface area (Å²) in [5.74, 6) is -0.0476. The highest BCUT2D eigenvalue weighted by molar-refractivity contribution is 7.99. The van der Waals surface area contributed by atoms with E-state index in [1.807, 2.05) is 54.6 Å². The van der Waals surface area contributed by atoms with Crippen molar-refractivity contribution < 1.29 is 9.59 Å². The molecule has 1 atom stereocenters. The molecule has 1 unspecified atom stereocenters. The van der Waals surface area contributed by atoms with Crippen molar-refractivity contribution in [2.24, 2.45) is 0 Å². The van der Waals surface area contributed by atoms with E-state index in [4.69, 9.17) is 0 Å². The van der Waals surface area contributed by atoms with E-state index in [1.165, 1.54) is 0 Å². The van der Waals surface area contributed by atoms with Crippen molar-refractivity contribution in [2.75, 3.05) is 6.54 Å². The molecule has 0 bridgehead atoms. The van der Waals surface area contributed by atoms with Gasteiger partial charge in [0.15, 0.2) is 0 Å². The highest BCUT2D eigenvalue weighted by Gasteiger charge is 2.30. The first-order chi connectivity index (χ1) is 10.8. The highest BCUT2D eigenvalue weighted by Crippen LogP contribution is 2.31. The Hall–Kier alpha value is -2.07. The Kier molecular flexibility index (Phi) is 4.59. The summed E-state index contributed by atoms with van der Waals surface area (Å²) in [6.45, 7) is 0.659. The fraction of sp³-hybridized carbons (Fsp3) is 0.222. The third-order valence-electron chi connectivity index (χ3n) is 3.81. The van der Waals surface area contributed by atoms with E-state index < -0.39 is 0 Å². The van der Waals surface area contributed by atoms with Gasteiger partial charge in [0.05, 0.1) is 11.6 Å². The number of benzene rings is 2. The molecule has 1 amide bonds. The summed E-state index contributed by atoms with van der Waals surface area (Å²) < 4.78 is 0. The number of hydrogen-bond donors (Lipinski definition) is 0. The lowest BCUT2D eigenvalue weighted by Crippen LogP contribution is -2.36. The zero-order chi connectivity index (χ0) is 15.4. The van der Waals surface area contributed by atoms with Gasteiger partial charge in [-0.3, -0.25) is 4.79 Å². The highest BCUT2D eigenvalue weighted by atomic mass is 32.2. The summed E-state index contributed by atoms with van der Waals surface area (Å²) in [5, 5.41) is 0. The predicted molar refractivity (Wildman–Crippen MR) is 87.1 cm³/mol. The SMILES string of the molecule is O=CC1CCCN1C(=O)c1ccccc1Sc1ccccc1. The lowest BCUT2D eigenvalue weighted by molar-refractivity contribution is -0.111. The van der Waals surface area contributed by atoms with E-state index in [2.05, 4.69) is 0 Å². The largest absolute Gasteiger partial charge is 0.329 e. The average Bonchev–Trinajstić information content (AvgIpc) is 3.04. The molecule has 0 spiro atoms. The van der Waals surface area contributed by atoms with Crippen LogP contribution in [0.25, 0.3) is 0 Å². The third-order valence-corrected chi connectivity index (χ3v) is 4.89. The molecule has 1 aliphatic rings. The van der Waals surface area contributed by atoms with Gasteiger partial charge in [-0.1, -0.05) is 42.1 Å². The molecule has 3 nitrogen and oxygen atoms in total. The fourth-order valence-electron chi connectivity index (χ4n) is 2.69. The van der Waals surface area contributed by atoms with E-state index in [-0.39, 0.29) is 11.9 Å². The summed E-state index contributed by atoms with van der Waals surface area (Å²) in [5.41, 5.74) is 0.671. The molecule has 0 saturated carbocycles. The van der Waals surface area contributed by atoms with Gasteiger partial charge in [0, 0.05) is 16.3 Å². The Morgan fingerprint density at radius 3 is 2.59 bits per heavy atom. The molecule has 1 aliphatic heterocycles. The minimum absolute atomic E-state index is 0.0476. The zero-order valence-corrected chi connectivity index (χ0v) is 13.0. The fourth-order valence-corrected chi connectivity index (χ4v) is 3.65. The minimum atomic E-state index is -0.276. The van der Waals surface area contributed by atoms with Gasteiger partial charge in [0.1, 0.15) is 6.29 Å². The number of nitrogens with zero attached hydrogens (tertiary/aromatic N) is 1. The first-order valence-corrected chi connectivity index (χ1v) is 8.19. The number of carbonyl (C=O) groups excluding carboxylic acids is 2. The molecule has 2 aromatic carbocycles. The standard InChI is InChI=1S/C18H17NO2S/c20-13-14-7-6-12-19(14)18(21)16-10-4-5-11-17(16)22-15-8-2-1-3-9-15/h1-5,8-11,13-14H,6-7,12H2. The third kappa shape index (κ3) is 3.07. The number of carbonyl (C=O) groups is 2. The molecule has 4 heteroatoms. The lowest BCUT2D eigenvalue weighted by Gasteiger charge is -2.21. The van der Waals surface area contributed by atoms with Crippen molar-refractivity contribution in [3.8, 4) is 0 Å². The van der Waals surface area contributed by atoms with Crippen molar-refractivity contribution in [3.63, 3.8) is 0 Å². The van der Waals surface area contributed by atoms with Crippen molar-refractivity contribution in [3.05, 3.63) is 60.2 Å². The Bertz CT molecular complexity index is 672. The van der Waals surface area contributed by atoms with Crippen molar-refractivity contribution in [2.45, 2.75) is 28.7 Å². The molecule has 0 aliphatic carbocycles. The number of aldehydes is 1. The molecule has 3 rings (SSSR count). The minimum Gasteiger partial charge on any atom is -0.329 e. The van der Waals surface area contributed by atoms with Gasteiger partial charge in [-0.25, -0.2) is 0 Å². The van der Waals surface area contributed by atoms with Crippen LogP contribution >= 0.6 is 11.8 Å². The second kappa shape index (κ2) is 6.79. The summed E-state index contributed by atoms with van der Waals surface area (Å²) in [7, 11) is 0. The van der Waals surface area contributed by atoms with Crippen LogP contribution in [0.5, 0.6) is 0 Å². The van der Waals surface area contributed by atoms with Crippen LogP contribution in [0.1, 0.15) is 23.2 Å². The maximum Gasteiger partial charge on any atom is 0.255 e. The second-order valence-electron chi connectivity index (χ2n) is 5.26. The Balaban J connectivity index is 1.88. The van der Waals surface area contributed by atoms with Gasteiger partial charge in [0.2, 0.25) is 0 Å². The van der Waals surface area contributed by atoms with Crippen LogP contribution in [0, 0.1) is 0 Å². The summed E-state index contributed by atoms with van der Waals surface area (Å²) in [6.07, 6.45) is 2.55. The maximum atomic E-state index is 12.8.